The molecule has 0 saturated heterocycles. The summed E-state index contributed by atoms with van der Waals surface area (Å²) in [6.45, 7) is 9.73. The summed E-state index contributed by atoms with van der Waals surface area (Å²) in [5.74, 6) is 1.11. The number of hydrogen-bond donors (Lipinski definition) is 0. The lowest BCUT2D eigenvalue weighted by Crippen LogP contribution is -2.29. The van der Waals surface area contributed by atoms with Crippen molar-refractivity contribution in [2.24, 2.45) is 11.8 Å². The average Bonchev–Trinajstić information content (AvgIpc) is 2.02. The van der Waals surface area contributed by atoms with Crippen LogP contribution < -0.4 is 0 Å². The maximum Gasteiger partial charge on any atom is 0.0209 e. The summed E-state index contributed by atoms with van der Waals surface area (Å²) in [5.41, 5.74) is 0. The molecule has 0 rings (SSSR count). The Bertz CT molecular complexity index is 160. The highest BCUT2D eigenvalue weighted by molar-refractivity contribution is 7.76. The highest BCUT2D eigenvalue weighted by Crippen LogP contribution is 2.07. The van der Waals surface area contributed by atoms with E-state index in [1.54, 1.807) is 0 Å². The van der Waals surface area contributed by atoms with Crippen LogP contribution in [0.2, 0.25) is 0 Å². The molecule has 0 heterocycles. The number of hydrogen-bond acceptors (Lipinski definition) is 2. The van der Waals surface area contributed by atoms with Crippen LogP contribution in [0.4, 0.5) is 0 Å². The van der Waals surface area contributed by atoms with Gasteiger partial charge in [-0.3, -0.25) is 4.21 Å². The highest BCUT2D eigenvalue weighted by Gasteiger charge is 2.07. The molecule has 0 aromatic carbocycles. The van der Waals surface area contributed by atoms with Crippen LogP contribution in [0, 0.1) is 11.8 Å². The van der Waals surface area contributed by atoms with Crippen molar-refractivity contribution in [1.82, 2.24) is 4.31 Å². The molecular weight excluding hydrogens is 198 g/mol. The van der Waals surface area contributed by atoms with Crippen molar-refractivity contribution in [1.29, 1.82) is 0 Å². The molecule has 0 fully saturated rings. The molecule has 0 amide bonds. The number of nitrogens with zero attached hydrogens (tertiary/aromatic N) is 1. The first-order chi connectivity index (χ1) is 6.43. The zero-order valence-electron chi connectivity index (χ0n) is 9.66. The van der Waals surface area contributed by atoms with Gasteiger partial charge < -0.3 is 4.55 Å². The van der Waals surface area contributed by atoms with Crippen molar-refractivity contribution < 1.29 is 8.76 Å². The molecule has 0 aromatic rings. The van der Waals surface area contributed by atoms with Gasteiger partial charge in [-0.15, -0.1) is 0 Å². The second-order valence-corrected chi connectivity index (χ2v) is 5.46. The van der Waals surface area contributed by atoms with E-state index in [2.05, 4.69) is 27.7 Å². The van der Waals surface area contributed by atoms with Gasteiger partial charge in [0.25, 0.3) is 0 Å². The van der Waals surface area contributed by atoms with Gasteiger partial charge in [0.05, 0.1) is 0 Å². The van der Waals surface area contributed by atoms with E-state index in [-0.39, 0.29) is 0 Å². The van der Waals surface area contributed by atoms with Gasteiger partial charge >= 0.3 is 0 Å². The molecule has 4 heteroatoms. The lowest BCUT2D eigenvalue weighted by atomic mass is 10.1. The SMILES string of the molecule is CC(C)CCN(CCC(C)C)S(=O)[O-]. The Morgan fingerprint density at radius 1 is 1.07 bits per heavy atom. The Labute approximate surface area is 90.3 Å². The van der Waals surface area contributed by atoms with E-state index in [0.717, 1.165) is 12.8 Å². The summed E-state index contributed by atoms with van der Waals surface area (Å²) in [5, 5.41) is 0. The van der Waals surface area contributed by atoms with Crippen LogP contribution in [0.3, 0.4) is 0 Å². The Hall–Kier alpha value is 0.0700. The van der Waals surface area contributed by atoms with E-state index >= 15 is 0 Å². The molecule has 0 aromatic heterocycles. The highest BCUT2D eigenvalue weighted by atomic mass is 32.2. The summed E-state index contributed by atoms with van der Waals surface area (Å²) in [6.07, 6.45) is 1.87. The van der Waals surface area contributed by atoms with Crippen LogP contribution >= 0.6 is 0 Å². The van der Waals surface area contributed by atoms with Gasteiger partial charge in [-0.05, 0) is 24.7 Å². The van der Waals surface area contributed by atoms with Crippen LogP contribution in [-0.4, -0.2) is 26.2 Å². The smallest absolute Gasteiger partial charge is 0.0209 e. The molecule has 1 atom stereocenters. The van der Waals surface area contributed by atoms with Crippen molar-refractivity contribution in [3.8, 4) is 0 Å². The first kappa shape index (κ1) is 14.1. The normalized spacial score (nSPS) is 14.3. The summed E-state index contributed by atoms with van der Waals surface area (Å²) >= 11 is -2.05. The first-order valence-electron chi connectivity index (χ1n) is 5.27. The predicted molar refractivity (Wildman–Crippen MR) is 59.4 cm³/mol. The maximum absolute atomic E-state index is 10.9. The molecule has 0 aliphatic rings. The minimum Gasteiger partial charge on any atom is -0.760 e. The summed E-state index contributed by atoms with van der Waals surface area (Å²) in [6, 6.07) is 0. The maximum atomic E-state index is 10.9. The van der Waals surface area contributed by atoms with Crippen LogP contribution in [-0.2, 0) is 11.3 Å². The molecular formula is C10H22NO2S-. The Kier molecular flexibility index (Phi) is 7.41. The zero-order valence-corrected chi connectivity index (χ0v) is 10.5. The first-order valence-corrected chi connectivity index (χ1v) is 6.31. The molecule has 0 aliphatic carbocycles. The number of rotatable bonds is 7. The van der Waals surface area contributed by atoms with E-state index in [1.165, 1.54) is 4.31 Å². The fourth-order valence-corrected chi connectivity index (χ4v) is 1.57. The minimum atomic E-state index is -2.05. The van der Waals surface area contributed by atoms with Gasteiger partial charge in [-0.25, -0.2) is 4.31 Å². The topological polar surface area (TPSA) is 43.4 Å². The fraction of sp³-hybridized carbons (Fsp3) is 1.00. The van der Waals surface area contributed by atoms with E-state index in [1.807, 2.05) is 0 Å². The molecule has 0 aliphatic heterocycles. The molecule has 0 spiro atoms. The standard InChI is InChI=1S/C10H23NO2S/c1-9(2)5-7-11(14(12)13)8-6-10(3)4/h9-10H,5-8H2,1-4H3,(H,12,13)/p-1. The Morgan fingerprint density at radius 2 is 1.43 bits per heavy atom. The quantitative estimate of drug-likeness (QED) is 0.617. The predicted octanol–water partition coefficient (Wildman–Crippen LogP) is 2.17. The second-order valence-electron chi connectivity index (χ2n) is 4.51. The minimum absolute atomic E-state index is 0.556. The third-order valence-electron chi connectivity index (χ3n) is 2.12. The Balaban J connectivity index is 3.84. The molecule has 1 unspecified atom stereocenters. The lowest BCUT2D eigenvalue weighted by molar-refractivity contribution is 0.344. The van der Waals surface area contributed by atoms with E-state index < -0.39 is 11.3 Å². The average molecular weight is 220 g/mol. The summed E-state index contributed by atoms with van der Waals surface area (Å²) in [7, 11) is 0. The van der Waals surface area contributed by atoms with Crippen LogP contribution in [0.5, 0.6) is 0 Å². The van der Waals surface area contributed by atoms with Crippen molar-refractivity contribution in [3.63, 3.8) is 0 Å². The molecule has 3 nitrogen and oxygen atoms in total. The van der Waals surface area contributed by atoms with Crippen molar-refractivity contribution in [3.05, 3.63) is 0 Å². The van der Waals surface area contributed by atoms with Gasteiger partial charge in [0.15, 0.2) is 0 Å². The summed E-state index contributed by atoms with van der Waals surface area (Å²) < 4.78 is 23.2. The molecule has 86 valence electrons. The van der Waals surface area contributed by atoms with Crippen molar-refractivity contribution in [2.45, 2.75) is 40.5 Å². The van der Waals surface area contributed by atoms with Gasteiger partial charge in [0, 0.05) is 24.4 Å². The van der Waals surface area contributed by atoms with Crippen LogP contribution in [0.15, 0.2) is 0 Å². The molecule has 0 bridgehead atoms. The van der Waals surface area contributed by atoms with Crippen molar-refractivity contribution >= 4 is 11.3 Å². The van der Waals surface area contributed by atoms with E-state index in [9.17, 15) is 8.76 Å². The largest absolute Gasteiger partial charge is 0.760 e. The van der Waals surface area contributed by atoms with E-state index in [4.69, 9.17) is 0 Å². The molecule has 0 N–H and O–H groups in total. The van der Waals surface area contributed by atoms with Gasteiger partial charge in [0.1, 0.15) is 0 Å². The third-order valence-corrected chi connectivity index (χ3v) is 2.91. The monoisotopic (exact) mass is 220 g/mol. The molecule has 14 heavy (non-hydrogen) atoms. The third kappa shape index (κ3) is 7.47. The zero-order chi connectivity index (χ0) is 11.1. The molecule has 0 saturated carbocycles. The van der Waals surface area contributed by atoms with Crippen LogP contribution in [0.1, 0.15) is 40.5 Å². The lowest BCUT2D eigenvalue weighted by Gasteiger charge is -2.25. The second kappa shape index (κ2) is 7.37. The fourth-order valence-electron chi connectivity index (χ4n) is 1.07. The Morgan fingerprint density at radius 3 is 1.64 bits per heavy atom. The summed E-state index contributed by atoms with van der Waals surface area (Å²) in [4.78, 5) is 0. The van der Waals surface area contributed by atoms with Gasteiger partial charge in [0.2, 0.25) is 0 Å². The van der Waals surface area contributed by atoms with Gasteiger partial charge in [-0.2, -0.15) is 0 Å². The van der Waals surface area contributed by atoms with E-state index in [0.29, 0.717) is 24.9 Å². The van der Waals surface area contributed by atoms with Crippen molar-refractivity contribution in [2.75, 3.05) is 13.1 Å². The van der Waals surface area contributed by atoms with Gasteiger partial charge in [-0.1, -0.05) is 27.7 Å². The van der Waals surface area contributed by atoms with Crippen LogP contribution in [0.25, 0.3) is 0 Å². The molecule has 0 radical (unpaired) electrons.